The molecule has 1 aromatic rings. The molecule has 0 amide bonds. The van der Waals surface area contributed by atoms with Crippen LogP contribution in [0.5, 0.6) is 0 Å². The highest BCUT2D eigenvalue weighted by atomic mass is 19.1. The topological polar surface area (TPSA) is 53.9 Å². The number of guanidine groups is 1. The number of likely N-dealkylation sites (tertiary alicyclic amines) is 1. The van der Waals surface area contributed by atoms with Crippen LogP contribution in [0.3, 0.4) is 0 Å². The highest BCUT2D eigenvalue weighted by molar-refractivity contribution is 5.82. The molecule has 0 aromatic heterocycles. The Labute approximate surface area is 149 Å². The fraction of sp³-hybridized carbons (Fsp3) is 0.579. The fourth-order valence-corrected chi connectivity index (χ4v) is 3.34. The van der Waals surface area contributed by atoms with Gasteiger partial charge in [-0.2, -0.15) is 0 Å². The zero-order valence-electron chi connectivity index (χ0n) is 15.7. The van der Waals surface area contributed by atoms with E-state index < -0.39 is 5.41 Å². The van der Waals surface area contributed by atoms with Gasteiger partial charge in [-0.3, -0.25) is 9.79 Å². The number of rotatable bonds is 4. The summed E-state index contributed by atoms with van der Waals surface area (Å²) in [6.45, 7) is 7.88. The maximum Gasteiger partial charge on any atom is 0.310 e. The first-order chi connectivity index (χ1) is 11.8. The SMILES string of the molecule is CN=C(NCC(C)(C)c1ccccc1F)N1CC(C)C(C(=O)OC)C1. The van der Waals surface area contributed by atoms with Crippen LogP contribution >= 0.6 is 0 Å². The van der Waals surface area contributed by atoms with Gasteiger partial charge in [0.2, 0.25) is 0 Å². The third-order valence-electron chi connectivity index (χ3n) is 4.92. The molecule has 2 unspecified atom stereocenters. The van der Waals surface area contributed by atoms with Crippen LogP contribution in [0.4, 0.5) is 4.39 Å². The van der Waals surface area contributed by atoms with Gasteiger partial charge in [-0.25, -0.2) is 4.39 Å². The Balaban J connectivity index is 2.04. The molecule has 138 valence electrons. The van der Waals surface area contributed by atoms with E-state index in [2.05, 4.69) is 15.2 Å². The summed E-state index contributed by atoms with van der Waals surface area (Å²) in [5.41, 5.74) is 0.272. The van der Waals surface area contributed by atoms with Crippen molar-refractivity contribution in [2.24, 2.45) is 16.8 Å². The maximum atomic E-state index is 14.1. The smallest absolute Gasteiger partial charge is 0.310 e. The number of ether oxygens (including phenoxy) is 1. The van der Waals surface area contributed by atoms with Crippen molar-refractivity contribution in [2.75, 3.05) is 33.8 Å². The van der Waals surface area contributed by atoms with Gasteiger partial charge in [0.05, 0.1) is 13.0 Å². The van der Waals surface area contributed by atoms with E-state index in [1.165, 1.54) is 13.2 Å². The molecule has 1 fully saturated rings. The third-order valence-corrected chi connectivity index (χ3v) is 4.92. The lowest BCUT2D eigenvalue weighted by Crippen LogP contribution is -2.45. The highest BCUT2D eigenvalue weighted by Gasteiger charge is 2.37. The van der Waals surface area contributed by atoms with E-state index in [-0.39, 0.29) is 23.6 Å². The number of carbonyl (C=O) groups excluding carboxylic acids is 1. The number of hydrogen-bond donors (Lipinski definition) is 1. The summed E-state index contributed by atoms with van der Waals surface area (Å²) >= 11 is 0. The Morgan fingerprint density at radius 2 is 2.08 bits per heavy atom. The van der Waals surface area contributed by atoms with Crippen molar-refractivity contribution >= 4 is 11.9 Å². The van der Waals surface area contributed by atoms with Gasteiger partial charge in [0.1, 0.15) is 5.82 Å². The molecule has 0 saturated carbocycles. The molecule has 2 atom stereocenters. The van der Waals surface area contributed by atoms with E-state index in [0.29, 0.717) is 18.7 Å². The van der Waals surface area contributed by atoms with Crippen LogP contribution in [-0.2, 0) is 14.9 Å². The Morgan fingerprint density at radius 1 is 1.40 bits per heavy atom. The summed E-state index contributed by atoms with van der Waals surface area (Å²) in [6, 6.07) is 6.83. The van der Waals surface area contributed by atoms with Gasteiger partial charge in [-0.1, -0.05) is 39.0 Å². The van der Waals surface area contributed by atoms with Crippen molar-refractivity contribution in [3.05, 3.63) is 35.6 Å². The van der Waals surface area contributed by atoms with E-state index in [1.54, 1.807) is 13.1 Å². The zero-order valence-corrected chi connectivity index (χ0v) is 15.7. The normalized spacial score (nSPS) is 21.4. The van der Waals surface area contributed by atoms with Gasteiger partial charge in [0, 0.05) is 32.1 Å². The average molecular weight is 349 g/mol. The van der Waals surface area contributed by atoms with Crippen molar-refractivity contribution in [3.63, 3.8) is 0 Å². The third kappa shape index (κ3) is 4.30. The first-order valence-electron chi connectivity index (χ1n) is 8.58. The minimum absolute atomic E-state index is 0.150. The Bertz CT molecular complexity index is 645. The predicted molar refractivity (Wildman–Crippen MR) is 97.0 cm³/mol. The molecule has 6 heteroatoms. The number of hydrogen-bond acceptors (Lipinski definition) is 3. The number of aliphatic imine (C=N–C) groups is 1. The number of carbonyl (C=O) groups is 1. The van der Waals surface area contributed by atoms with Crippen molar-refractivity contribution in [1.82, 2.24) is 10.2 Å². The highest BCUT2D eigenvalue weighted by Crippen LogP contribution is 2.26. The molecule has 25 heavy (non-hydrogen) atoms. The molecule has 1 heterocycles. The second kappa shape index (κ2) is 7.85. The molecular formula is C19H28FN3O2. The van der Waals surface area contributed by atoms with Crippen molar-refractivity contribution in [1.29, 1.82) is 0 Å². The molecule has 0 spiro atoms. The Kier molecular flexibility index (Phi) is 6.03. The van der Waals surface area contributed by atoms with Crippen molar-refractivity contribution < 1.29 is 13.9 Å². The second-order valence-corrected chi connectivity index (χ2v) is 7.28. The lowest BCUT2D eigenvalue weighted by atomic mass is 9.84. The number of esters is 1. The number of benzene rings is 1. The van der Waals surface area contributed by atoms with Crippen molar-refractivity contribution in [3.8, 4) is 0 Å². The van der Waals surface area contributed by atoms with Gasteiger partial charge < -0.3 is 15.0 Å². The lowest BCUT2D eigenvalue weighted by molar-refractivity contribution is -0.145. The summed E-state index contributed by atoms with van der Waals surface area (Å²) in [7, 11) is 3.14. The molecule has 1 aliphatic rings. The molecule has 0 bridgehead atoms. The van der Waals surface area contributed by atoms with E-state index in [1.807, 2.05) is 32.9 Å². The van der Waals surface area contributed by atoms with E-state index in [0.717, 1.165) is 12.5 Å². The molecule has 1 N–H and O–H groups in total. The molecule has 0 radical (unpaired) electrons. The first kappa shape index (κ1) is 19.2. The van der Waals surface area contributed by atoms with Crippen LogP contribution in [0, 0.1) is 17.7 Å². The van der Waals surface area contributed by atoms with E-state index in [9.17, 15) is 9.18 Å². The predicted octanol–water partition coefficient (Wildman–Crippen LogP) is 2.42. The van der Waals surface area contributed by atoms with E-state index >= 15 is 0 Å². The summed E-state index contributed by atoms with van der Waals surface area (Å²) < 4.78 is 19.0. The van der Waals surface area contributed by atoms with Crippen molar-refractivity contribution in [2.45, 2.75) is 26.2 Å². The van der Waals surface area contributed by atoms with Crippen LogP contribution in [0.1, 0.15) is 26.3 Å². The monoisotopic (exact) mass is 349 g/mol. The Hall–Kier alpha value is -2.11. The minimum atomic E-state index is -0.394. The molecule has 1 saturated heterocycles. The van der Waals surface area contributed by atoms with Gasteiger partial charge in [-0.15, -0.1) is 0 Å². The summed E-state index contributed by atoms with van der Waals surface area (Å²) in [5.74, 6) is 0.387. The standard InChI is InChI=1S/C19H28FN3O2/c1-13-10-23(11-14(13)17(24)25-5)18(21-4)22-12-19(2,3)15-8-6-7-9-16(15)20/h6-9,13-14H,10-12H2,1-5H3,(H,21,22). The quantitative estimate of drug-likeness (QED) is 0.515. The lowest BCUT2D eigenvalue weighted by Gasteiger charge is -2.29. The maximum absolute atomic E-state index is 14.1. The molecule has 2 rings (SSSR count). The molecule has 1 aliphatic heterocycles. The van der Waals surface area contributed by atoms with Crippen LogP contribution in [0.2, 0.25) is 0 Å². The van der Waals surface area contributed by atoms with Crippen LogP contribution in [0.15, 0.2) is 29.3 Å². The zero-order chi connectivity index (χ0) is 18.6. The van der Waals surface area contributed by atoms with Gasteiger partial charge in [-0.05, 0) is 17.5 Å². The average Bonchev–Trinajstić information content (AvgIpc) is 2.96. The van der Waals surface area contributed by atoms with E-state index in [4.69, 9.17) is 4.74 Å². The molecular weight excluding hydrogens is 321 g/mol. The minimum Gasteiger partial charge on any atom is -0.469 e. The number of halogens is 1. The number of nitrogens with zero attached hydrogens (tertiary/aromatic N) is 2. The summed E-state index contributed by atoms with van der Waals surface area (Å²) in [4.78, 5) is 18.3. The molecule has 1 aromatic carbocycles. The molecule has 0 aliphatic carbocycles. The second-order valence-electron chi connectivity index (χ2n) is 7.28. The largest absolute Gasteiger partial charge is 0.469 e. The van der Waals surface area contributed by atoms with Crippen LogP contribution in [0.25, 0.3) is 0 Å². The molecule has 5 nitrogen and oxygen atoms in total. The van der Waals surface area contributed by atoms with Gasteiger partial charge >= 0.3 is 5.97 Å². The summed E-state index contributed by atoms with van der Waals surface area (Å²) in [6.07, 6.45) is 0. The van der Waals surface area contributed by atoms with Crippen LogP contribution < -0.4 is 5.32 Å². The van der Waals surface area contributed by atoms with Gasteiger partial charge in [0.15, 0.2) is 5.96 Å². The fourth-order valence-electron chi connectivity index (χ4n) is 3.34. The van der Waals surface area contributed by atoms with Crippen LogP contribution in [-0.4, -0.2) is 50.6 Å². The van der Waals surface area contributed by atoms with Gasteiger partial charge in [0.25, 0.3) is 0 Å². The summed E-state index contributed by atoms with van der Waals surface area (Å²) in [5, 5.41) is 3.33. The Morgan fingerprint density at radius 3 is 2.68 bits per heavy atom. The number of methoxy groups -OCH3 is 1. The number of nitrogens with one attached hydrogen (secondary N) is 1. The first-order valence-corrected chi connectivity index (χ1v) is 8.58.